The normalized spacial score (nSPS) is 20.2. The van der Waals surface area contributed by atoms with Gasteiger partial charge in [0.1, 0.15) is 5.75 Å². The Bertz CT molecular complexity index is 585. The largest absolute Gasteiger partial charge is 0.494 e. The molecule has 1 aliphatic carbocycles. The summed E-state index contributed by atoms with van der Waals surface area (Å²) in [6.07, 6.45) is 3.81. The number of anilines is 1. The molecule has 2 rings (SSSR count). The second-order valence-corrected chi connectivity index (χ2v) is 4.72. The standard InChI is InChI=1S/C14H16N2O5/c1-2-21-13-7-11(6-12(8-13)16(19)20)15-10-4-3-9(5-10)14(17)18/h3-4,6-10,15H,2,5H2,1H3,(H,17,18). The molecule has 1 aliphatic rings. The molecular formula is C14H16N2O5. The minimum absolute atomic E-state index is 0.0692. The van der Waals surface area contributed by atoms with E-state index in [2.05, 4.69) is 5.32 Å². The third-order valence-electron chi connectivity index (χ3n) is 3.17. The third kappa shape index (κ3) is 3.71. The summed E-state index contributed by atoms with van der Waals surface area (Å²) in [5.41, 5.74) is 0.466. The van der Waals surface area contributed by atoms with Crippen molar-refractivity contribution in [3.8, 4) is 5.75 Å². The van der Waals surface area contributed by atoms with E-state index in [4.69, 9.17) is 9.84 Å². The Labute approximate surface area is 121 Å². The van der Waals surface area contributed by atoms with Crippen LogP contribution in [-0.4, -0.2) is 28.6 Å². The molecule has 2 unspecified atom stereocenters. The smallest absolute Gasteiger partial charge is 0.310 e. The van der Waals surface area contributed by atoms with Gasteiger partial charge in [-0.05, 0) is 13.3 Å². The lowest BCUT2D eigenvalue weighted by Crippen LogP contribution is -2.18. The number of hydrogen-bond donors (Lipinski definition) is 2. The summed E-state index contributed by atoms with van der Waals surface area (Å²) >= 11 is 0. The first-order valence-electron chi connectivity index (χ1n) is 6.59. The maximum atomic E-state index is 10.9. The van der Waals surface area contributed by atoms with Crippen molar-refractivity contribution in [2.45, 2.75) is 19.4 Å². The first-order chi connectivity index (χ1) is 9.99. The molecule has 0 fully saturated rings. The number of nitro benzene ring substituents is 1. The second-order valence-electron chi connectivity index (χ2n) is 4.72. The van der Waals surface area contributed by atoms with E-state index < -0.39 is 16.8 Å². The van der Waals surface area contributed by atoms with Crippen molar-refractivity contribution in [3.05, 3.63) is 40.5 Å². The number of aliphatic carboxylic acids is 1. The number of nitro groups is 1. The molecule has 0 amide bonds. The molecule has 0 saturated heterocycles. The van der Waals surface area contributed by atoms with Crippen LogP contribution in [0.2, 0.25) is 0 Å². The summed E-state index contributed by atoms with van der Waals surface area (Å²) in [7, 11) is 0. The van der Waals surface area contributed by atoms with Crippen LogP contribution in [0.3, 0.4) is 0 Å². The van der Waals surface area contributed by atoms with Gasteiger partial charge < -0.3 is 15.2 Å². The van der Waals surface area contributed by atoms with Crippen molar-refractivity contribution in [3.63, 3.8) is 0 Å². The highest BCUT2D eigenvalue weighted by Gasteiger charge is 2.24. The summed E-state index contributed by atoms with van der Waals surface area (Å²) < 4.78 is 5.30. The van der Waals surface area contributed by atoms with Crippen LogP contribution in [-0.2, 0) is 4.79 Å². The molecule has 0 bridgehead atoms. The minimum atomic E-state index is -0.871. The van der Waals surface area contributed by atoms with Crippen LogP contribution in [0.4, 0.5) is 11.4 Å². The van der Waals surface area contributed by atoms with Gasteiger partial charge in [0.15, 0.2) is 0 Å². The molecule has 0 aliphatic heterocycles. The van der Waals surface area contributed by atoms with Gasteiger partial charge in [0.25, 0.3) is 5.69 Å². The highest BCUT2D eigenvalue weighted by molar-refractivity contribution is 5.73. The predicted octanol–water partition coefficient (Wildman–Crippen LogP) is 2.43. The van der Waals surface area contributed by atoms with E-state index in [9.17, 15) is 14.9 Å². The SMILES string of the molecule is CCOc1cc(NC2C=CC(C(=O)O)C2)cc([N+](=O)[O-])c1. The number of rotatable bonds is 6. The molecule has 21 heavy (non-hydrogen) atoms. The van der Waals surface area contributed by atoms with Gasteiger partial charge in [-0.25, -0.2) is 0 Å². The maximum absolute atomic E-state index is 10.9. The molecular weight excluding hydrogens is 276 g/mol. The Morgan fingerprint density at radius 2 is 2.24 bits per heavy atom. The Kier molecular flexibility index (Phi) is 4.42. The molecule has 2 atom stereocenters. The van der Waals surface area contributed by atoms with Crippen molar-refractivity contribution in [1.29, 1.82) is 0 Å². The lowest BCUT2D eigenvalue weighted by molar-refractivity contribution is -0.384. The summed E-state index contributed by atoms with van der Waals surface area (Å²) in [5, 5.41) is 22.9. The van der Waals surface area contributed by atoms with Gasteiger partial charge in [-0.3, -0.25) is 14.9 Å². The van der Waals surface area contributed by atoms with Crippen molar-refractivity contribution < 1.29 is 19.6 Å². The lowest BCUT2D eigenvalue weighted by atomic mass is 10.1. The first-order valence-corrected chi connectivity index (χ1v) is 6.59. The molecule has 0 aromatic heterocycles. The number of ether oxygens (including phenoxy) is 1. The van der Waals surface area contributed by atoms with E-state index in [0.717, 1.165) is 0 Å². The molecule has 112 valence electrons. The van der Waals surface area contributed by atoms with Gasteiger partial charge in [-0.2, -0.15) is 0 Å². The molecule has 0 heterocycles. The van der Waals surface area contributed by atoms with Crippen LogP contribution in [0.1, 0.15) is 13.3 Å². The number of nitrogens with zero attached hydrogens (tertiary/aromatic N) is 1. The Hall–Kier alpha value is -2.57. The Balaban J connectivity index is 2.14. The fourth-order valence-electron chi connectivity index (χ4n) is 2.23. The fourth-order valence-corrected chi connectivity index (χ4v) is 2.23. The van der Waals surface area contributed by atoms with Crippen LogP contribution < -0.4 is 10.1 Å². The van der Waals surface area contributed by atoms with Crippen molar-refractivity contribution in [1.82, 2.24) is 0 Å². The number of non-ortho nitro benzene ring substituents is 1. The van der Waals surface area contributed by atoms with E-state index in [1.807, 2.05) is 0 Å². The molecule has 2 N–H and O–H groups in total. The van der Waals surface area contributed by atoms with Crippen LogP contribution in [0, 0.1) is 16.0 Å². The van der Waals surface area contributed by atoms with Crippen LogP contribution >= 0.6 is 0 Å². The highest BCUT2D eigenvalue weighted by atomic mass is 16.6. The Morgan fingerprint density at radius 3 is 2.81 bits per heavy atom. The van der Waals surface area contributed by atoms with Gasteiger partial charge >= 0.3 is 5.97 Å². The number of carboxylic acid groups (broad SMARTS) is 1. The topological polar surface area (TPSA) is 102 Å². The second kappa shape index (κ2) is 6.25. The Morgan fingerprint density at radius 1 is 1.48 bits per heavy atom. The van der Waals surface area contributed by atoms with E-state index in [1.54, 1.807) is 25.1 Å². The van der Waals surface area contributed by atoms with E-state index >= 15 is 0 Å². The monoisotopic (exact) mass is 292 g/mol. The van der Waals surface area contributed by atoms with E-state index in [0.29, 0.717) is 24.5 Å². The molecule has 7 heteroatoms. The van der Waals surface area contributed by atoms with Gasteiger partial charge in [-0.1, -0.05) is 12.2 Å². The number of carboxylic acids is 1. The molecule has 0 spiro atoms. The quantitative estimate of drug-likeness (QED) is 0.474. The zero-order chi connectivity index (χ0) is 15.4. The van der Waals surface area contributed by atoms with Gasteiger partial charge in [0.05, 0.1) is 23.5 Å². The number of hydrogen-bond acceptors (Lipinski definition) is 5. The van der Waals surface area contributed by atoms with Crippen molar-refractivity contribution >= 4 is 17.3 Å². The molecule has 0 saturated carbocycles. The average Bonchev–Trinajstić information content (AvgIpc) is 2.87. The van der Waals surface area contributed by atoms with Gasteiger partial charge in [0.2, 0.25) is 0 Å². The summed E-state index contributed by atoms with van der Waals surface area (Å²) in [4.78, 5) is 21.3. The van der Waals surface area contributed by atoms with Crippen LogP contribution in [0.25, 0.3) is 0 Å². The molecule has 1 aromatic carbocycles. The molecule has 0 radical (unpaired) electrons. The van der Waals surface area contributed by atoms with E-state index in [-0.39, 0.29) is 11.7 Å². The lowest BCUT2D eigenvalue weighted by Gasteiger charge is -2.14. The van der Waals surface area contributed by atoms with E-state index in [1.165, 1.54) is 12.1 Å². The summed E-state index contributed by atoms with van der Waals surface area (Å²) in [5.74, 6) is -0.983. The number of nitrogens with one attached hydrogen (secondary N) is 1. The van der Waals surface area contributed by atoms with Crippen molar-refractivity contribution in [2.24, 2.45) is 5.92 Å². The minimum Gasteiger partial charge on any atom is -0.494 e. The molecule has 1 aromatic rings. The van der Waals surface area contributed by atoms with Crippen molar-refractivity contribution in [2.75, 3.05) is 11.9 Å². The number of benzene rings is 1. The van der Waals surface area contributed by atoms with Gasteiger partial charge in [-0.15, -0.1) is 0 Å². The zero-order valence-corrected chi connectivity index (χ0v) is 11.5. The zero-order valence-electron chi connectivity index (χ0n) is 11.5. The third-order valence-corrected chi connectivity index (χ3v) is 3.17. The number of carbonyl (C=O) groups is 1. The fraction of sp³-hybridized carbons (Fsp3) is 0.357. The molecule has 7 nitrogen and oxygen atoms in total. The highest BCUT2D eigenvalue weighted by Crippen LogP contribution is 2.28. The van der Waals surface area contributed by atoms with Gasteiger partial charge in [0, 0.05) is 23.9 Å². The average molecular weight is 292 g/mol. The summed E-state index contributed by atoms with van der Waals surface area (Å²) in [6, 6.07) is 4.27. The van der Waals surface area contributed by atoms with Crippen LogP contribution in [0.15, 0.2) is 30.4 Å². The predicted molar refractivity (Wildman–Crippen MR) is 76.6 cm³/mol. The summed E-state index contributed by atoms with van der Waals surface area (Å²) in [6.45, 7) is 2.20. The maximum Gasteiger partial charge on any atom is 0.310 e. The first kappa shape index (κ1) is 14.8. The van der Waals surface area contributed by atoms with Crippen LogP contribution in [0.5, 0.6) is 5.75 Å².